The Morgan fingerprint density at radius 3 is 2.56 bits per heavy atom. The summed E-state index contributed by atoms with van der Waals surface area (Å²) in [6.45, 7) is 3.29. The van der Waals surface area contributed by atoms with Crippen LogP contribution in [0.3, 0.4) is 0 Å². The second kappa shape index (κ2) is 7.97. The zero-order chi connectivity index (χ0) is 17.5. The van der Waals surface area contributed by atoms with E-state index >= 15 is 0 Å². The van der Waals surface area contributed by atoms with Crippen molar-refractivity contribution in [2.75, 3.05) is 6.61 Å². The molecule has 25 heavy (non-hydrogen) atoms. The van der Waals surface area contributed by atoms with Gasteiger partial charge in [0.1, 0.15) is 17.2 Å². The molecule has 2 saturated heterocycles. The fraction of sp³-hybridized carbons (Fsp3) is 0.438. The summed E-state index contributed by atoms with van der Waals surface area (Å²) in [5.41, 5.74) is 0. The van der Waals surface area contributed by atoms with Crippen LogP contribution in [0, 0.1) is 0 Å². The summed E-state index contributed by atoms with van der Waals surface area (Å²) >= 11 is 1.35. The summed E-state index contributed by atoms with van der Waals surface area (Å²) in [6.07, 6.45) is 0. The van der Waals surface area contributed by atoms with E-state index in [0.717, 1.165) is 0 Å². The van der Waals surface area contributed by atoms with E-state index in [1.54, 1.807) is 38.1 Å². The maximum atomic E-state index is 12.2. The molecule has 2 fully saturated rings. The third-order valence-electron chi connectivity index (χ3n) is 4.09. The molecule has 0 radical (unpaired) electrons. The number of thioether (sulfide) groups is 1. The number of nitrogens with zero attached hydrogens (tertiary/aromatic N) is 1. The number of β-lactam (4-membered cyclic amide) rings is 1. The Morgan fingerprint density at radius 1 is 1.32 bits per heavy atom. The number of para-hydroxylation sites is 1. The van der Waals surface area contributed by atoms with E-state index in [1.165, 1.54) is 16.7 Å². The van der Waals surface area contributed by atoms with Crippen molar-refractivity contribution in [3.05, 3.63) is 30.3 Å². The van der Waals surface area contributed by atoms with Gasteiger partial charge >= 0.3 is 51.4 Å². The molecule has 2 amide bonds. The molecule has 0 bridgehead atoms. The van der Waals surface area contributed by atoms with Crippen molar-refractivity contribution in [1.82, 2.24) is 10.2 Å². The summed E-state index contributed by atoms with van der Waals surface area (Å²) in [7, 11) is 0. The van der Waals surface area contributed by atoms with E-state index in [0.29, 0.717) is 5.75 Å². The quantitative estimate of drug-likeness (QED) is 0.413. The predicted molar refractivity (Wildman–Crippen MR) is 85.0 cm³/mol. The molecule has 1 aromatic carbocycles. The first-order chi connectivity index (χ1) is 11.3. The van der Waals surface area contributed by atoms with Crippen LogP contribution in [0.5, 0.6) is 5.75 Å². The molecular weight excluding hydrogens is 371 g/mol. The summed E-state index contributed by atoms with van der Waals surface area (Å²) in [5, 5.41) is 13.5. The van der Waals surface area contributed by atoms with Crippen molar-refractivity contribution in [2.45, 2.75) is 36.1 Å². The number of benzene rings is 1. The topological polar surface area (TPSA) is 98.8 Å². The van der Waals surface area contributed by atoms with Crippen LogP contribution in [0.15, 0.2) is 30.3 Å². The van der Waals surface area contributed by atoms with Crippen LogP contribution in [0.4, 0.5) is 0 Å². The van der Waals surface area contributed by atoms with Crippen molar-refractivity contribution >= 4 is 29.5 Å². The number of rotatable bonds is 5. The standard InChI is InChI=1S/C16H18N2O5S.K/c1-16(2)12(15(21)22)18-13(20)11(14(18)24-16)17-10(19)8-23-9-6-4-3-5-7-9;/h3-7,11-12,14H,8H2,1-2H3,(H,17,19)(H,21,22);/q;+1/p-1/t11-,12+,14-;/m0./s1. The van der Waals surface area contributed by atoms with Crippen LogP contribution in [0.25, 0.3) is 0 Å². The fourth-order valence-corrected chi connectivity index (χ4v) is 4.63. The van der Waals surface area contributed by atoms with Crippen molar-refractivity contribution in [3.63, 3.8) is 0 Å². The molecular formula is C16H17KN2O5S. The number of carbonyl (C=O) groups excluding carboxylic acids is 3. The number of carbonyl (C=O) groups is 3. The number of nitrogens with one attached hydrogen (secondary N) is 1. The summed E-state index contributed by atoms with van der Waals surface area (Å²) in [4.78, 5) is 36.8. The van der Waals surface area contributed by atoms with E-state index in [9.17, 15) is 19.5 Å². The minimum Gasteiger partial charge on any atom is -0.548 e. The molecule has 0 aliphatic carbocycles. The van der Waals surface area contributed by atoms with Gasteiger partial charge in [-0.1, -0.05) is 18.2 Å². The number of fused-ring (bicyclic) bond motifs is 1. The zero-order valence-corrected chi connectivity index (χ0v) is 18.2. The molecule has 2 heterocycles. The third kappa shape index (κ3) is 4.06. The molecule has 0 spiro atoms. The average Bonchev–Trinajstić information content (AvgIpc) is 2.80. The van der Waals surface area contributed by atoms with Gasteiger partial charge in [-0.3, -0.25) is 9.59 Å². The Hall–Kier alpha value is -0.584. The Balaban J connectivity index is 0.00000225. The van der Waals surface area contributed by atoms with Crippen LogP contribution < -0.4 is 66.5 Å². The smallest absolute Gasteiger partial charge is 0.548 e. The Morgan fingerprint density at radius 2 is 1.96 bits per heavy atom. The van der Waals surface area contributed by atoms with Gasteiger partial charge in [0, 0.05) is 4.75 Å². The molecule has 0 saturated carbocycles. The van der Waals surface area contributed by atoms with Gasteiger partial charge in [-0.05, 0) is 26.0 Å². The van der Waals surface area contributed by atoms with E-state index in [2.05, 4.69) is 5.32 Å². The SMILES string of the molecule is CC1(C)S[C@H]2[C@@H](NC(=O)COc3ccccc3)C(=O)N2[C@@H]1C(=O)[O-].[K+]. The van der Waals surface area contributed by atoms with E-state index in [1.807, 2.05) is 6.07 Å². The molecule has 128 valence electrons. The third-order valence-corrected chi connectivity index (χ3v) is 5.67. The van der Waals surface area contributed by atoms with Gasteiger partial charge in [-0.25, -0.2) is 0 Å². The van der Waals surface area contributed by atoms with E-state index in [-0.39, 0.29) is 58.0 Å². The first kappa shape index (κ1) is 20.7. The van der Waals surface area contributed by atoms with Gasteiger partial charge in [-0.2, -0.15) is 0 Å². The van der Waals surface area contributed by atoms with Crippen LogP contribution >= 0.6 is 11.8 Å². The fourth-order valence-electron chi connectivity index (χ4n) is 3.01. The molecule has 0 unspecified atom stereocenters. The normalized spacial score (nSPS) is 26.1. The average molecular weight is 388 g/mol. The Labute approximate surface area is 192 Å². The van der Waals surface area contributed by atoms with E-state index in [4.69, 9.17) is 4.74 Å². The number of aliphatic carboxylic acids is 1. The van der Waals surface area contributed by atoms with Crippen molar-refractivity contribution in [3.8, 4) is 5.75 Å². The largest absolute Gasteiger partial charge is 1.00 e. The maximum absolute atomic E-state index is 12.2. The molecule has 3 rings (SSSR count). The number of hydrogen-bond donors (Lipinski definition) is 1. The monoisotopic (exact) mass is 388 g/mol. The first-order valence-electron chi connectivity index (χ1n) is 7.49. The second-order valence-corrected chi connectivity index (χ2v) is 8.00. The van der Waals surface area contributed by atoms with Gasteiger partial charge in [0.25, 0.3) is 5.91 Å². The maximum Gasteiger partial charge on any atom is 1.00 e. The molecule has 2 aliphatic rings. The van der Waals surface area contributed by atoms with Crippen LogP contribution in [-0.4, -0.2) is 51.5 Å². The zero-order valence-electron chi connectivity index (χ0n) is 14.2. The van der Waals surface area contributed by atoms with Gasteiger partial charge in [0.2, 0.25) is 5.91 Å². The number of carboxylic acid groups (broad SMARTS) is 1. The molecule has 1 aromatic rings. The van der Waals surface area contributed by atoms with Gasteiger partial charge in [0.15, 0.2) is 6.61 Å². The van der Waals surface area contributed by atoms with Crippen molar-refractivity contribution in [2.24, 2.45) is 0 Å². The molecule has 7 nitrogen and oxygen atoms in total. The number of amides is 2. The van der Waals surface area contributed by atoms with Crippen LogP contribution in [-0.2, 0) is 14.4 Å². The Bertz CT molecular complexity index is 684. The molecule has 0 aromatic heterocycles. The summed E-state index contributed by atoms with van der Waals surface area (Å²) < 4.78 is 4.67. The summed E-state index contributed by atoms with van der Waals surface area (Å²) in [5.74, 6) is -1.55. The molecule has 3 atom stereocenters. The number of ether oxygens (including phenoxy) is 1. The van der Waals surface area contributed by atoms with Crippen LogP contribution in [0.2, 0.25) is 0 Å². The van der Waals surface area contributed by atoms with E-state index < -0.39 is 40.0 Å². The van der Waals surface area contributed by atoms with Crippen LogP contribution in [0.1, 0.15) is 13.8 Å². The molecule has 1 N–H and O–H groups in total. The van der Waals surface area contributed by atoms with Crippen molar-refractivity contribution < 1.29 is 75.6 Å². The van der Waals surface area contributed by atoms with Gasteiger partial charge < -0.3 is 24.9 Å². The number of carboxylic acids is 1. The Kier molecular flexibility index (Phi) is 6.61. The number of hydrogen-bond acceptors (Lipinski definition) is 6. The second-order valence-electron chi connectivity index (χ2n) is 6.23. The van der Waals surface area contributed by atoms with Gasteiger partial charge in [0.05, 0.1) is 12.0 Å². The summed E-state index contributed by atoms with van der Waals surface area (Å²) in [6, 6.07) is 7.14. The molecule has 2 aliphatic heterocycles. The van der Waals surface area contributed by atoms with Gasteiger partial charge in [-0.15, -0.1) is 11.8 Å². The van der Waals surface area contributed by atoms with Crippen molar-refractivity contribution in [1.29, 1.82) is 0 Å². The molecule has 9 heteroatoms. The minimum atomic E-state index is -1.28. The minimum absolute atomic E-state index is 0. The predicted octanol–water partition coefficient (Wildman–Crippen LogP) is -3.63. The first-order valence-corrected chi connectivity index (χ1v) is 8.37.